The zero-order valence-corrected chi connectivity index (χ0v) is 13.8. The lowest BCUT2D eigenvalue weighted by molar-refractivity contribution is -0.607. The summed E-state index contributed by atoms with van der Waals surface area (Å²) >= 11 is 0. The fraction of sp³-hybridized carbons (Fsp3) is 0.278. The Morgan fingerprint density at radius 2 is 1.77 bits per heavy atom. The molecule has 112 valence electrons. The van der Waals surface area contributed by atoms with Crippen LogP contribution in [-0.4, -0.2) is 14.5 Å². The molecule has 3 rings (SSSR count). The van der Waals surface area contributed by atoms with E-state index in [0.717, 1.165) is 11.6 Å². The number of imidazole rings is 1. The summed E-state index contributed by atoms with van der Waals surface area (Å²) in [5.41, 5.74) is 6.11. The van der Waals surface area contributed by atoms with Crippen molar-refractivity contribution in [1.82, 2.24) is 14.5 Å². The second-order valence-corrected chi connectivity index (χ2v) is 5.76. The second kappa shape index (κ2) is 5.37. The van der Waals surface area contributed by atoms with Crippen LogP contribution in [0.25, 0.3) is 17.1 Å². The number of nitrogens with zero attached hydrogens (tertiary/aromatic N) is 4. The lowest BCUT2D eigenvalue weighted by Crippen LogP contribution is -2.36. The van der Waals surface area contributed by atoms with Crippen molar-refractivity contribution in [2.75, 3.05) is 0 Å². The van der Waals surface area contributed by atoms with E-state index in [1.54, 1.807) is 0 Å². The van der Waals surface area contributed by atoms with Gasteiger partial charge in [-0.05, 0) is 31.9 Å². The van der Waals surface area contributed by atoms with Gasteiger partial charge in [0.1, 0.15) is 23.9 Å². The molecule has 0 N–H and O–H groups in total. The zero-order chi connectivity index (χ0) is 15.9. The van der Waals surface area contributed by atoms with Gasteiger partial charge in [0.05, 0.1) is 0 Å². The van der Waals surface area contributed by atoms with Crippen LogP contribution in [0, 0.1) is 27.7 Å². The van der Waals surface area contributed by atoms with Gasteiger partial charge in [0, 0.05) is 43.6 Å². The van der Waals surface area contributed by atoms with Crippen molar-refractivity contribution in [2.45, 2.75) is 27.7 Å². The molecular weight excluding hydrogens is 272 g/mol. The first-order chi connectivity index (χ1) is 10.5. The van der Waals surface area contributed by atoms with Gasteiger partial charge in [-0.1, -0.05) is 11.1 Å². The second-order valence-electron chi connectivity index (χ2n) is 5.76. The van der Waals surface area contributed by atoms with Gasteiger partial charge < -0.3 is 4.57 Å². The lowest BCUT2D eigenvalue weighted by Gasteiger charge is -2.16. The molecule has 0 radical (unpaired) electrons. The van der Waals surface area contributed by atoms with Gasteiger partial charge >= 0.3 is 0 Å². The first-order valence-corrected chi connectivity index (χ1v) is 7.43. The fourth-order valence-electron chi connectivity index (χ4n) is 3.18. The molecule has 2 heterocycles. The Morgan fingerprint density at radius 3 is 2.41 bits per heavy atom. The molecule has 0 saturated heterocycles. The molecule has 0 fully saturated rings. The maximum atomic E-state index is 4.53. The maximum Gasteiger partial charge on any atom is 0.300 e. The van der Waals surface area contributed by atoms with Crippen molar-refractivity contribution in [3.63, 3.8) is 0 Å². The van der Waals surface area contributed by atoms with Gasteiger partial charge in [0.2, 0.25) is 0 Å². The molecule has 3 aromatic rings. The molecule has 0 aliphatic rings. The normalized spacial score (nSPS) is 11.0. The largest absolute Gasteiger partial charge is 0.334 e. The predicted octanol–water partition coefficient (Wildman–Crippen LogP) is 2.99. The smallest absolute Gasteiger partial charge is 0.300 e. The average Bonchev–Trinajstić information content (AvgIpc) is 2.87. The van der Waals surface area contributed by atoms with Crippen molar-refractivity contribution in [3.05, 3.63) is 59.4 Å². The molecule has 0 saturated carbocycles. The number of hydrogen-bond acceptors (Lipinski definition) is 2. The maximum absolute atomic E-state index is 4.53. The molecule has 4 nitrogen and oxygen atoms in total. The van der Waals surface area contributed by atoms with Crippen LogP contribution in [-0.2, 0) is 7.05 Å². The third kappa shape index (κ3) is 2.21. The van der Waals surface area contributed by atoms with Crippen LogP contribution >= 0.6 is 0 Å². The SMILES string of the molecule is Cc1cc(C)c(-[n+]2cccnc2C)c(C)c1-c1nccn1C. The number of hydrogen-bond donors (Lipinski definition) is 0. The van der Waals surface area contributed by atoms with E-state index in [2.05, 4.69) is 52.1 Å². The van der Waals surface area contributed by atoms with Crippen molar-refractivity contribution in [1.29, 1.82) is 0 Å². The minimum Gasteiger partial charge on any atom is -0.334 e. The first-order valence-electron chi connectivity index (χ1n) is 7.43. The molecule has 2 aromatic heterocycles. The minimum atomic E-state index is 0.975. The summed E-state index contributed by atoms with van der Waals surface area (Å²) in [7, 11) is 2.03. The molecule has 0 atom stereocenters. The van der Waals surface area contributed by atoms with Crippen LogP contribution in [0.2, 0.25) is 0 Å². The molecule has 22 heavy (non-hydrogen) atoms. The minimum absolute atomic E-state index is 0.975. The van der Waals surface area contributed by atoms with Crippen molar-refractivity contribution in [3.8, 4) is 17.1 Å². The van der Waals surface area contributed by atoms with E-state index < -0.39 is 0 Å². The van der Waals surface area contributed by atoms with Crippen molar-refractivity contribution >= 4 is 0 Å². The molecule has 0 aliphatic heterocycles. The summed E-state index contributed by atoms with van der Waals surface area (Å²) in [6, 6.07) is 4.19. The van der Waals surface area contributed by atoms with Crippen LogP contribution in [0.1, 0.15) is 22.5 Å². The molecule has 0 aliphatic carbocycles. The first kappa shape index (κ1) is 14.4. The monoisotopic (exact) mass is 293 g/mol. The van der Waals surface area contributed by atoms with Gasteiger partial charge in [0.15, 0.2) is 0 Å². The topological polar surface area (TPSA) is 34.6 Å². The summed E-state index contributed by atoms with van der Waals surface area (Å²) in [5, 5.41) is 0. The van der Waals surface area contributed by atoms with E-state index in [1.807, 2.05) is 38.6 Å². The molecular formula is C18H21N4+. The Hall–Kier alpha value is -2.49. The van der Waals surface area contributed by atoms with Gasteiger partial charge in [-0.2, -0.15) is 4.57 Å². The third-order valence-electron chi connectivity index (χ3n) is 4.15. The summed E-state index contributed by atoms with van der Waals surface area (Å²) in [6.07, 6.45) is 7.71. The quantitative estimate of drug-likeness (QED) is 0.681. The lowest BCUT2D eigenvalue weighted by atomic mass is 9.96. The number of rotatable bonds is 2. The Bertz CT molecular complexity index is 846. The van der Waals surface area contributed by atoms with Gasteiger partial charge in [0.25, 0.3) is 5.82 Å². The molecule has 4 heteroatoms. The molecule has 0 unspecified atom stereocenters. The van der Waals surface area contributed by atoms with Crippen LogP contribution in [0.3, 0.4) is 0 Å². The Labute approximate surface area is 131 Å². The summed E-state index contributed by atoms with van der Waals surface area (Å²) < 4.78 is 4.21. The van der Waals surface area contributed by atoms with Crippen LogP contribution in [0.5, 0.6) is 0 Å². The average molecular weight is 293 g/mol. The van der Waals surface area contributed by atoms with E-state index in [-0.39, 0.29) is 0 Å². The molecule has 0 amide bonds. The van der Waals surface area contributed by atoms with Gasteiger partial charge in [-0.25, -0.2) is 4.98 Å². The van der Waals surface area contributed by atoms with Crippen LogP contribution < -0.4 is 4.57 Å². The summed E-state index contributed by atoms with van der Waals surface area (Å²) in [6.45, 7) is 8.49. The van der Waals surface area contributed by atoms with E-state index in [1.165, 1.54) is 27.9 Å². The summed E-state index contributed by atoms with van der Waals surface area (Å²) in [5.74, 6) is 1.97. The zero-order valence-electron chi connectivity index (χ0n) is 13.8. The van der Waals surface area contributed by atoms with E-state index in [4.69, 9.17) is 0 Å². The van der Waals surface area contributed by atoms with Crippen LogP contribution in [0.4, 0.5) is 0 Å². The van der Waals surface area contributed by atoms with Gasteiger partial charge in [-0.3, -0.25) is 0 Å². The van der Waals surface area contributed by atoms with Gasteiger partial charge in [-0.15, -0.1) is 0 Å². The highest BCUT2D eigenvalue weighted by Crippen LogP contribution is 2.30. The third-order valence-corrected chi connectivity index (χ3v) is 4.15. The number of aryl methyl sites for hydroxylation is 4. The van der Waals surface area contributed by atoms with Crippen molar-refractivity contribution < 1.29 is 4.57 Å². The van der Waals surface area contributed by atoms with E-state index in [0.29, 0.717) is 0 Å². The van der Waals surface area contributed by atoms with E-state index >= 15 is 0 Å². The highest BCUT2D eigenvalue weighted by atomic mass is 15.1. The van der Waals surface area contributed by atoms with Crippen LogP contribution in [0.15, 0.2) is 36.9 Å². The fourth-order valence-corrected chi connectivity index (χ4v) is 3.18. The molecule has 0 spiro atoms. The van der Waals surface area contributed by atoms with E-state index in [9.17, 15) is 0 Å². The Morgan fingerprint density at radius 1 is 1.00 bits per heavy atom. The highest BCUT2D eigenvalue weighted by molar-refractivity contribution is 5.70. The molecule has 0 bridgehead atoms. The molecule has 1 aromatic carbocycles. The summed E-state index contributed by atoms with van der Waals surface area (Å²) in [4.78, 5) is 8.94. The van der Waals surface area contributed by atoms with Crippen molar-refractivity contribution in [2.24, 2.45) is 7.05 Å². The number of benzene rings is 1. The predicted molar refractivity (Wildman–Crippen MR) is 86.9 cm³/mol. The standard InChI is InChI=1S/C18H21N4/c1-12-11-13(2)17(22-9-6-7-19-15(22)4)14(3)16(12)18-20-8-10-21(18)5/h6-11H,1-5H3/q+1. The number of aromatic nitrogens is 4. The highest BCUT2D eigenvalue weighted by Gasteiger charge is 2.20. The Balaban J connectivity index is 2.34. The Kier molecular flexibility index (Phi) is 3.53.